The summed E-state index contributed by atoms with van der Waals surface area (Å²) in [6.07, 6.45) is 1.36. The number of carbonyl (C=O) groups excluding carboxylic acids is 2. The zero-order chi connectivity index (χ0) is 22.2. The topological polar surface area (TPSA) is 52.6 Å². The summed E-state index contributed by atoms with van der Waals surface area (Å²) in [5, 5.41) is 0. The van der Waals surface area contributed by atoms with Crippen molar-refractivity contribution in [1.29, 1.82) is 0 Å². The molecule has 3 aromatic rings. The van der Waals surface area contributed by atoms with Crippen LogP contribution in [0.2, 0.25) is 0 Å². The number of carbonyl (C=O) groups is 2. The van der Waals surface area contributed by atoms with E-state index in [0.717, 1.165) is 5.56 Å². The van der Waals surface area contributed by atoms with E-state index < -0.39 is 11.8 Å². The van der Waals surface area contributed by atoms with Gasteiger partial charge in [0, 0.05) is 11.6 Å². The zero-order valence-corrected chi connectivity index (χ0v) is 17.4. The Morgan fingerprint density at radius 2 is 1.71 bits per heavy atom. The van der Waals surface area contributed by atoms with Gasteiger partial charge in [0.2, 0.25) is 5.78 Å². The number of halogens is 1. The molecule has 0 aliphatic carbocycles. The summed E-state index contributed by atoms with van der Waals surface area (Å²) in [5.41, 5.74) is 2.11. The van der Waals surface area contributed by atoms with Crippen molar-refractivity contribution >= 4 is 17.8 Å². The first-order valence-corrected chi connectivity index (χ1v) is 9.88. The number of benzene rings is 3. The highest BCUT2D eigenvalue weighted by Gasteiger charge is 2.28. The Morgan fingerprint density at radius 1 is 1.00 bits per heavy atom. The Bertz CT molecular complexity index is 1200. The largest absolute Gasteiger partial charge is 0.452 e. The summed E-state index contributed by atoms with van der Waals surface area (Å²) >= 11 is 0. The molecule has 0 N–H and O–H groups in total. The number of hydrogen-bond donors (Lipinski definition) is 0. The van der Waals surface area contributed by atoms with E-state index in [1.165, 1.54) is 30.3 Å². The van der Waals surface area contributed by atoms with Gasteiger partial charge in [-0.25, -0.2) is 9.18 Å². The highest BCUT2D eigenvalue weighted by molar-refractivity contribution is 6.14. The number of rotatable bonds is 3. The van der Waals surface area contributed by atoms with Gasteiger partial charge >= 0.3 is 5.97 Å². The minimum atomic E-state index is -0.508. The first-order chi connectivity index (χ1) is 14.7. The van der Waals surface area contributed by atoms with Gasteiger partial charge < -0.3 is 9.47 Å². The lowest BCUT2D eigenvalue weighted by molar-refractivity contribution is 0.0734. The van der Waals surface area contributed by atoms with Crippen molar-refractivity contribution in [3.8, 4) is 11.5 Å². The Balaban J connectivity index is 1.52. The number of ketones is 1. The quantitative estimate of drug-likeness (QED) is 0.300. The average Bonchev–Trinajstić information content (AvgIpc) is 3.04. The van der Waals surface area contributed by atoms with Crippen LogP contribution in [0.4, 0.5) is 4.39 Å². The fourth-order valence-corrected chi connectivity index (χ4v) is 3.24. The van der Waals surface area contributed by atoms with E-state index in [2.05, 4.69) is 20.8 Å². The van der Waals surface area contributed by atoms with Crippen LogP contribution >= 0.6 is 0 Å². The number of allylic oxidation sites excluding steroid dienone is 1. The molecule has 0 fully saturated rings. The molecule has 4 nitrogen and oxygen atoms in total. The molecular formula is C26H21FO4. The Labute approximate surface area is 179 Å². The Kier molecular flexibility index (Phi) is 5.19. The van der Waals surface area contributed by atoms with Gasteiger partial charge in [0.1, 0.15) is 17.3 Å². The molecule has 31 heavy (non-hydrogen) atoms. The fraction of sp³-hybridized carbons (Fsp3) is 0.154. The maximum Gasteiger partial charge on any atom is 0.343 e. The van der Waals surface area contributed by atoms with Gasteiger partial charge in [-0.15, -0.1) is 0 Å². The van der Waals surface area contributed by atoms with Crippen molar-refractivity contribution in [3.05, 3.63) is 101 Å². The smallest absolute Gasteiger partial charge is 0.343 e. The van der Waals surface area contributed by atoms with Gasteiger partial charge in [0.05, 0.1) is 11.1 Å². The van der Waals surface area contributed by atoms with Crippen LogP contribution in [0, 0.1) is 5.82 Å². The lowest BCUT2D eigenvalue weighted by Gasteiger charge is -2.18. The highest BCUT2D eigenvalue weighted by Crippen LogP contribution is 2.35. The third kappa shape index (κ3) is 4.26. The average molecular weight is 416 g/mol. The van der Waals surface area contributed by atoms with Crippen LogP contribution < -0.4 is 9.47 Å². The van der Waals surface area contributed by atoms with Crippen LogP contribution in [-0.4, -0.2) is 11.8 Å². The summed E-state index contributed by atoms with van der Waals surface area (Å²) in [7, 11) is 0. The number of Topliss-reactive ketones (excluding diaryl/α,β-unsaturated/α-hetero) is 1. The predicted molar refractivity (Wildman–Crippen MR) is 116 cm³/mol. The van der Waals surface area contributed by atoms with Crippen LogP contribution in [0.15, 0.2) is 72.5 Å². The van der Waals surface area contributed by atoms with Crippen LogP contribution in [0.25, 0.3) is 6.08 Å². The minimum Gasteiger partial charge on any atom is -0.452 e. The lowest BCUT2D eigenvalue weighted by atomic mass is 9.87. The van der Waals surface area contributed by atoms with Crippen LogP contribution in [0.1, 0.15) is 52.6 Å². The van der Waals surface area contributed by atoms with E-state index in [1.807, 2.05) is 12.1 Å². The molecule has 0 aromatic heterocycles. The molecule has 0 saturated heterocycles. The normalized spacial score (nSPS) is 14.3. The molecule has 0 radical (unpaired) electrons. The van der Waals surface area contributed by atoms with E-state index in [-0.39, 0.29) is 34.0 Å². The maximum absolute atomic E-state index is 13.9. The van der Waals surface area contributed by atoms with Crippen LogP contribution in [-0.2, 0) is 5.41 Å². The monoisotopic (exact) mass is 416 g/mol. The maximum atomic E-state index is 13.9. The van der Waals surface area contributed by atoms with E-state index >= 15 is 0 Å². The second-order valence-corrected chi connectivity index (χ2v) is 8.34. The van der Waals surface area contributed by atoms with Crippen molar-refractivity contribution in [2.24, 2.45) is 0 Å². The fourth-order valence-electron chi connectivity index (χ4n) is 3.24. The summed E-state index contributed by atoms with van der Waals surface area (Å²) in [6.45, 7) is 6.29. The number of esters is 1. The van der Waals surface area contributed by atoms with Gasteiger partial charge in [-0.2, -0.15) is 0 Å². The zero-order valence-electron chi connectivity index (χ0n) is 17.4. The van der Waals surface area contributed by atoms with Gasteiger partial charge in [-0.1, -0.05) is 51.1 Å². The first-order valence-electron chi connectivity index (χ1n) is 9.88. The van der Waals surface area contributed by atoms with Gasteiger partial charge in [-0.3, -0.25) is 4.79 Å². The number of hydrogen-bond acceptors (Lipinski definition) is 4. The van der Waals surface area contributed by atoms with Crippen LogP contribution in [0.3, 0.4) is 0 Å². The summed E-state index contributed by atoms with van der Waals surface area (Å²) in [5.74, 6) is -0.777. The van der Waals surface area contributed by atoms with Gasteiger partial charge in [0.25, 0.3) is 0 Å². The third-order valence-corrected chi connectivity index (χ3v) is 5.03. The molecule has 1 heterocycles. The van der Waals surface area contributed by atoms with Gasteiger partial charge in [0.15, 0.2) is 5.76 Å². The molecule has 4 rings (SSSR count). The number of fused-ring (bicyclic) bond motifs is 1. The molecule has 156 valence electrons. The Hall–Kier alpha value is -3.73. The van der Waals surface area contributed by atoms with E-state index in [1.54, 1.807) is 30.3 Å². The van der Waals surface area contributed by atoms with Crippen molar-refractivity contribution in [2.45, 2.75) is 26.2 Å². The van der Waals surface area contributed by atoms with Crippen molar-refractivity contribution in [2.75, 3.05) is 0 Å². The summed E-state index contributed by atoms with van der Waals surface area (Å²) < 4.78 is 25.0. The molecule has 0 atom stereocenters. The molecule has 3 aromatic carbocycles. The highest BCUT2D eigenvalue weighted by atomic mass is 19.1. The van der Waals surface area contributed by atoms with Crippen molar-refractivity contribution in [1.82, 2.24) is 0 Å². The van der Waals surface area contributed by atoms with E-state index in [4.69, 9.17) is 9.47 Å². The van der Waals surface area contributed by atoms with Crippen molar-refractivity contribution in [3.63, 3.8) is 0 Å². The SMILES string of the molecule is CC(C)(C)c1ccc(C(=O)Oc2ccc3c(c2)OC(=Cc2ccccc2F)C3=O)cc1. The van der Waals surface area contributed by atoms with E-state index in [0.29, 0.717) is 11.1 Å². The molecule has 5 heteroatoms. The predicted octanol–water partition coefficient (Wildman–Crippen LogP) is 5.96. The van der Waals surface area contributed by atoms with Gasteiger partial charge in [-0.05, 0) is 47.4 Å². The minimum absolute atomic E-state index is 0.0137. The molecule has 0 spiro atoms. The second kappa shape index (κ2) is 7.84. The molecule has 0 bridgehead atoms. The Morgan fingerprint density at radius 3 is 2.39 bits per heavy atom. The molecule has 1 aliphatic heterocycles. The molecule has 0 amide bonds. The first kappa shape index (κ1) is 20.5. The molecule has 0 saturated carbocycles. The number of ether oxygens (including phenoxy) is 2. The van der Waals surface area contributed by atoms with Crippen LogP contribution in [0.5, 0.6) is 11.5 Å². The summed E-state index contributed by atoms with van der Waals surface area (Å²) in [4.78, 5) is 25.1. The summed E-state index contributed by atoms with van der Waals surface area (Å²) in [6, 6.07) is 17.9. The van der Waals surface area contributed by atoms with E-state index in [9.17, 15) is 14.0 Å². The molecule has 1 aliphatic rings. The molecular weight excluding hydrogens is 395 g/mol. The van der Waals surface area contributed by atoms with Crippen molar-refractivity contribution < 1.29 is 23.5 Å². The third-order valence-electron chi connectivity index (χ3n) is 5.03. The standard InChI is InChI=1S/C26H21FO4/c1-26(2,3)18-10-8-16(9-11-18)25(29)30-19-12-13-20-22(15-19)31-23(24(20)28)14-17-6-4-5-7-21(17)27/h4-15H,1-3H3. The second-order valence-electron chi connectivity index (χ2n) is 8.34. The lowest BCUT2D eigenvalue weighted by Crippen LogP contribution is -2.12. The molecule has 0 unspecified atom stereocenters.